The van der Waals surface area contributed by atoms with Gasteiger partial charge in [0, 0.05) is 31.2 Å². The lowest BCUT2D eigenvalue weighted by atomic mass is 10.0. The highest BCUT2D eigenvalue weighted by molar-refractivity contribution is 5.52. The highest BCUT2D eigenvalue weighted by Gasteiger charge is 2.31. The molecule has 0 spiro atoms. The molecule has 5 nitrogen and oxygen atoms in total. The standard InChI is InChI=1S/C17H12N4O/c1-18-12-6-4-8-20-16(12)11-9-14-15(10-11)22-17(21-14)13-5-2-3-7-19-13/h2-8,11H,9-10H2. The van der Waals surface area contributed by atoms with Crippen molar-refractivity contribution in [3.63, 3.8) is 0 Å². The van der Waals surface area contributed by atoms with E-state index in [9.17, 15) is 0 Å². The molecule has 22 heavy (non-hydrogen) atoms. The van der Waals surface area contributed by atoms with Gasteiger partial charge in [0.2, 0.25) is 11.6 Å². The molecule has 0 bridgehead atoms. The first-order valence-corrected chi connectivity index (χ1v) is 7.07. The van der Waals surface area contributed by atoms with Crippen LogP contribution in [-0.4, -0.2) is 15.0 Å². The molecule has 0 aliphatic heterocycles. The van der Waals surface area contributed by atoms with Crippen molar-refractivity contribution in [2.75, 3.05) is 0 Å². The lowest BCUT2D eigenvalue weighted by molar-refractivity contribution is 0.508. The maximum atomic E-state index is 7.26. The highest BCUT2D eigenvalue weighted by atomic mass is 16.4. The molecular weight excluding hydrogens is 276 g/mol. The van der Waals surface area contributed by atoms with E-state index in [-0.39, 0.29) is 5.92 Å². The monoisotopic (exact) mass is 288 g/mol. The van der Waals surface area contributed by atoms with E-state index in [2.05, 4.69) is 19.8 Å². The van der Waals surface area contributed by atoms with Gasteiger partial charge in [-0.3, -0.25) is 9.97 Å². The quantitative estimate of drug-likeness (QED) is 0.676. The minimum atomic E-state index is 0.171. The van der Waals surface area contributed by atoms with E-state index >= 15 is 0 Å². The zero-order valence-corrected chi connectivity index (χ0v) is 11.7. The molecule has 1 aliphatic carbocycles. The third kappa shape index (κ3) is 2.06. The van der Waals surface area contributed by atoms with Gasteiger partial charge in [-0.2, -0.15) is 0 Å². The number of aromatic nitrogens is 3. The molecule has 0 saturated carbocycles. The Bertz CT molecular complexity index is 840. The van der Waals surface area contributed by atoms with Gasteiger partial charge < -0.3 is 4.42 Å². The van der Waals surface area contributed by atoms with Crippen molar-refractivity contribution in [2.24, 2.45) is 0 Å². The van der Waals surface area contributed by atoms with E-state index in [0.717, 1.165) is 35.7 Å². The Morgan fingerprint density at radius 3 is 2.77 bits per heavy atom. The number of nitrogens with zero attached hydrogens (tertiary/aromatic N) is 4. The normalized spacial score (nSPS) is 16.2. The van der Waals surface area contributed by atoms with Gasteiger partial charge in [-0.1, -0.05) is 18.2 Å². The molecule has 1 aliphatic rings. The number of pyridine rings is 2. The van der Waals surface area contributed by atoms with Crippen LogP contribution in [0.1, 0.15) is 23.1 Å². The third-order valence-electron chi connectivity index (χ3n) is 3.86. The molecule has 3 heterocycles. The van der Waals surface area contributed by atoms with Gasteiger partial charge in [-0.05, 0) is 12.1 Å². The van der Waals surface area contributed by atoms with Crippen LogP contribution in [-0.2, 0) is 12.8 Å². The average molecular weight is 288 g/mol. The van der Waals surface area contributed by atoms with Crippen molar-refractivity contribution >= 4 is 5.69 Å². The second-order valence-corrected chi connectivity index (χ2v) is 5.23. The summed E-state index contributed by atoms with van der Waals surface area (Å²) < 4.78 is 5.86. The van der Waals surface area contributed by atoms with Gasteiger partial charge in [0.25, 0.3) is 0 Å². The van der Waals surface area contributed by atoms with Crippen LogP contribution < -0.4 is 0 Å². The molecule has 0 saturated heterocycles. The van der Waals surface area contributed by atoms with Crippen LogP contribution in [0, 0.1) is 6.57 Å². The predicted octanol–water partition coefficient (Wildman–Crippen LogP) is 3.56. The predicted molar refractivity (Wildman–Crippen MR) is 80.4 cm³/mol. The van der Waals surface area contributed by atoms with E-state index < -0.39 is 0 Å². The molecule has 0 fully saturated rings. The molecule has 5 heteroatoms. The van der Waals surface area contributed by atoms with Gasteiger partial charge in [0.05, 0.1) is 18.0 Å². The van der Waals surface area contributed by atoms with E-state index in [4.69, 9.17) is 11.0 Å². The van der Waals surface area contributed by atoms with E-state index in [1.54, 1.807) is 18.5 Å². The second kappa shape index (κ2) is 5.08. The van der Waals surface area contributed by atoms with E-state index in [0.29, 0.717) is 11.6 Å². The number of fused-ring (bicyclic) bond motifs is 1. The summed E-state index contributed by atoms with van der Waals surface area (Å²) in [5.74, 6) is 1.62. The van der Waals surface area contributed by atoms with E-state index in [1.165, 1.54) is 0 Å². The summed E-state index contributed by atoms with van der Waals surface area (Å²) >= 11 is 0. The van der Waals surface area contributed by atoms with Crippen molar-refractivity contribution in [2.45, 2.75) is 18.8 Å². The summed E-state index contributed by atoms with van der Waals surface area (Å²) in [6, 6.07) is 9.26. The zero-order valence-electron chi connectivity index (χ0n) is 11.7. The van der Waals surface area contributed by atoms with Crippen LogP contribution in [0.15, 0.2) is 47.1 Å². The average Bonchev–Trinajstić information content (AvgIpc) is 3.14. The molecule has 3 aromatic heterocycles. The van der Waals surface area contributed by atoms with Crippen molar-refractivity contribution in [1.29, 1.82) is 0 Å². The summed E-state index contributed by atoms with van der Waals surface area (Å²) in [6.45, 7) is 7.26. The number of hydrogen-bond acceptors (Lipinski definition) is 4. The molecule has 1 atom stereocenters. The Labute approximate surface area is 127 Å². The molecule has 0 amide bonds. The zero-order chi connectivity index (χ0) is 14.9. The summed E-state index contributed by atoms with van der Waals surface area (Å²) in [6.07, 6.45) is 4.94. The van der Waals surface area contributed by atoms with Crippen LogP contribution in [0.3, 0.4) is 0 Å². The Kier molecular flexibility index (Phi) is 2.94. The number of oxazole rings is 1. The van der Waals surface area contributed by atoms with Crippen molar-refractivity contribution in [1.82, 2.24) is 15.0 Å². The van der Waals surface area contributed by atoms with E-state index in [1.807, 2.05) is 24.3 Å². The first-order valence-electron chi connectivity index (χ1n) is 7.07. The van der Waals surface area contributed by atoms with Crippen molar-refractivity contribution < 1.29 is 4.42 Å². The third-order valence-corrected chi connectivity index (χ3v) is 3.86. The lowest BCUT2D eigenvalue weighted by Gasteiger charge is -2.09. The molecule has 0 aromatic carbocycles. The number of hydrogen-bond donors (Lipinski definition) is 0. The first-order chi connectivity index (χ1) is 10.8. The van der Waals surface area contributed by atoms with Gasteiger partial charge in [-0.25, -0.2) is 9.83 Å². The second-order valence-electron chi connectivity index (χ2n) is 5.23. The summed E-state index contributed by atoms with van der Waals surface area (Å²) in [4.78, 5) is 16.7. The van der Waals surface area contributed by atoms with Crippen molar-refractivity contribution in [3.05, 3.63) is 71.3 Å². The smallest absolute Gasteiger partial charge is 0.245 e. The maximum absolute atomic E-state index is 7.26. The van der Waals surface area contributed by atoms with Crippen molar-refractivity contribution in [3.8, 4) is 11.6 Å². The number of rotatable bonds is 2. The van der Waals surface area contributed by atoms with Crippen LogP contribution in [0.4, 0.5) is 5.69 Å². The summed E-state index contributed by atoms with van der Waals surface area (Å²) in [5.41, 5.74) is 3.15. The fourth-order valence-electron chi connectivity index (χ4n) is 2.84. The van der Waals surface area contributed by atoms with Gasteiger partial charge >= 0.3 is 0 Å². The van der Waals surface area contributed by atoms with Crippen LogP contribution >= 0.6 is 0 Å². The molecule has 4 rings (SSSR count). The van der Waals surface area contributed by atoms with Crippen LogP contribution in [0.5, 0.6) is 0 Å². The highest BCUT2D eigenvalue weighted by Crippen LogP contribution is 2.38. The van der Waals surface area contributed by atoms with Gasteiger partial charge in [0.15, 0.2) is 0 Å². The summed E-state index contributed by atoms with van der Waals surface area (Å²) in [5, 5.41) is 0. The van der Waals surface area contributed by atoms with Crippen LogP contribution in [0.25, 0.3) is 16.4 Å². The molecule has 0 radical (unpaired) electrons. The Hall–Kier alpha value is -3.00. The first kappa shape index (κ1) is 12.7. The van der Waals surface area contributed by atoms with Crippen LogP contribution in [0.2, 0.25) is 0 Å². The Morgan fingerprint density at radius 2 is 2.00 bits per heavy atom. The lowest BCUT2D eigenvalue weighted by Crippen LogP contribution is -2.01. The molecule has 1 unspecified atom stereocenters. The van der Waals surface area contributed by atoms with Gasteiger partial charge in [-0.15, -0.1) is 0 Å². The fourth-order valence-corrected chi connectivity index (χ4v) is 2.84. The minimum absolute atomic E-state index is 0.171. The molecule has 0 N–H and O–H groups in total. The largest absolute Gasteiger partial charge is 0.440 e. The fraction of sp³-hybridized carbons (Fsp3) is 0.176. The SMILES string of the molecule is [C-]#[N+]c1cccnc1C1Cc2nc(-c3ccccn3)oc2C1. The Balaban J connectivity index is 1.63. The molecule has 106 valence electrons. The van der Waals surface area contributed by atoms with Gasteiger partial charge in [0.1, 0.15) is 11.5 Å². The topological polar surface area (TPSA) is 56.2 Å². The minimum Gasteiger partial charge on any atom is -0.440 e. The summed E-state index contributed by atoms with van der Waals surface area (Å²) in [7, 11) is 0. The maximum Gasteiger partial charge on any atom is 0.245 e. The Morgan fingerprint density at radius 1 is 1.09 bits per heavy atom. The molecule has 3 aromatic rings. The molecular formula is C17H12N4O.